The molecule has 146 valence electrons. The van der Waals surface area contributed by atoms with Crippen LogP contribution in [-0.2, 0) is 0 Å². The van der Waals surface area contributed by atoms with Crippen molar-refractivity contribution in [2.24, 2.45) is 0 Å². The van der Waals surface area contributed by atoms with Crippen LogP contribution in [0.5, 0.6) is 5.75 Å². The van der Waals surface area contributed by atoms with E-state index in [1.165, 1.54) is 30.7 Å². The van der Waals surface area contributed by atoms with Gasteiger partial charge in [0.05, 0.1) is 19.4 Å². The van der Waals surface area contributed by atoms with Crippen molar-refractivity contribution >= 4 is 60.7 Å². The molecule has 0 spiro atoms. The van der Waals surface area contributed by atoms with Crippen molar-refractivity contribution < 1.29 is 14.5 Å². The maximum atomic E-state index is 12.4. The van der Waals surface area contributed by atoms with Gasteiger partial charge in [0.15, 0.2) is 5.75 Å². The minimum Gasteiger partial charge on any atom is -0.421 e. The number of halogens is 2. The Morgan fingerprint density at radius 1 is 1.04 bits per heavy atom. The molecule has 9 heteroatoms. The summed E-state index contributed by atoms with van der Waals surface area (Å²) in [6.45, 7) is 1.90. The highest BCUT2D eigenvalue weighted by atomic mass is 79.9. The predicted molar refractivity (Wildman–Crippen MR) is 117 cm³/mol. The molecule has 2 aromatic carbocycles. The molecule has 0 aromatic heterocycles. The predicted octanol–water partition coefficient (Wildman–Crippen LogP) is 5.50. The monoisotopic (exact) mass is 526 g/mol. The maximum absolute atomic E-state index is 12.4. The average Bonchev–Trinajstić information content (AvgIpc) is 2.70. The number of thiocarbonyl (C=S) groups is 1. The summed E-state index contributed by atoms with van der Waals surface area (Å²) < 4.78 is 6.66. The fourth-order valence-electron chi connectivity index (χ4n) is 2.93. The summed E-state index contributed by atoms with van der Waals surface area (Å²) in [6, 6.07) is 8.92. The number of rotatable bonds is 4. The number of ether oxygens (including phenoxy) is 1. The van der Waals surface area contributed by atoms with E-state index in [2.05, 4.69) is 36.8 Å². The van der Waals surface area contributed by atoms with Gasteiger partial charge in [-0.15, -0.1) is 0 Å². The zero-order chi connectivity index (χ0) is 20.3. The highest BCUT2D eigenvalue weighted by molar-refractivity contribution is 9.11. The van der Waals surface area contributed by atoms with Crippen molar-refractivity contribution in [2.75, 3.05) is 13.1 Å². The fraction of sp³-hybridized carbons (Fsp3) is 0.263. The van der Waals surface area contributed by atoms with Crippen molar-refractivity contribution in [1.82, 2.24) is 4.90 Å². The molecule has 0 radical (unpaired) electrons. The van der Waals surface area contributed by atoms with Crippen LogP contribution in [-0.4, -0.2) is 33.9 Å². The third kappa shape index (κ3) is 4.76. The van der Waals surface area contributed by atoms with Gasteiger partial charge in [-0.3, -0.25) is 10.1 Å². The lowest BCUT2D eigenvalue weighted by Gasteiger charge is -2.29. The molecule has 1 saturated heterocycles. The Hall–Kier alpha value is -1.84. The quantitative estimate of drug-likeness (QED) is 0.172. The molecule has 0 bridgehead atoms. The summed E-state index contributed by atoms with van der Waals surface area (Å²) >= 11 is 12.5. The van der Waals surface area contributed by atoms with E-state index in [0.717, 1.165) is 36.5 Å². The van der Waals surface area contributed by atoms with E-state index >= 15 is 0 Å². The van der Waals surface area contributed by atoms with Crippen LogP contribution in [0, 0.1) is 10.1 Å². The highest BCUT2D eigenvalue weighted by Crippen LogP contribution is 2.36. The van der Waals surface area contributed by atoms with Crippen molar-refractivity contribution in [3.05, 3.63) is 66.6 Å². The Morgan fingerprint density at radius 3 is 2.14 bits per heavy atom. The lowest BCUT2D eigenvalue weighted by Crippen LogP contribution is -2.34. The molecule has 3 rings (SSSR count). The number of nitrogens with zero attached hydrogens (tertiary/aromatic N) is 2. The molecule has 0 unspecified atom stereocenters. The van der Waals surface area contributed by atoms with E-state index in [1.807, 2.05) is 12.1 Å². The molecular weight excluding hydrogens is 512 g/mol. The van der Waals surface area contributed by atoms with E-state index in [4.69, 9.17) is 17.0 Å². The standard InChI is InChI=1S/C19H16Br2N2O4S/c20-15-10-13(18(28)22-8-2-1-3-9-22)11-16(21)17(15)27-19(24)12-4-6-14(7-5-12)23(25)26/h4-7,10-11H,1-3,8-9H2. The zero-order valence-electron chi connectivity index (χ0n) is 14.7. The summed E-state index contributed by atoms with van der Waals surface area (Å²) in [4.78, 5) is 25.6. The molecule has 2 aromatic rings. The Balaban J connectivity index is 1.78. The van der Waals surface area contributed by atoms with Gasteiger partial charge in [-0.05, 0) is 75.4 Å². The summed E-state index contributed by atoms with van der Waals surface area (Å²) in [7, 11) is 0. The number of nitro groups is 1. The van der Waals surface area contributed by atoms with Gasteiger partial charge in [-0.2, -0.15) is 0 Å². The normalized spacial score (nSPS) is 13.9. The number of hydrogen-bond donors (Lipinski definition) is 0. The molecule has 1 aliphatic rings. The number of carbonyl (C=O) groups excluding carboxylic acids is 1. The van der Waals surface area contributed by atoms with E-state index in [9.17, 15) is 14.9 Å². The van der Waals surface area contributed by atoms with Crippen LogP contribution >= 0.6 is 44.1 Å². The van der Waals surface area contributed by atoms with E-state index in [-0.39, 0.29) is 11.3 Å². The fourth-order valence-corrected chi connectivity index (χ4v) is 4.58. The summed E-state index contributed by atoms with van der Waals surface area (Å²) in [5.74, 6) is -0.281. The topological polar surface area (TPSA) is 72.7 Å². The largest absolute Gasteiger partial charge is 0.421 e. The van der Waals surface area contributed by atoms with E-state index in [0.29, 0.717) is 14.7 Å². The molecule has 0 atom stereocenters. The van der Waals surface area contributed by atoms with Crippen LogP contribution in [0.15, 0.2) is 45.3 Å². The second-order valence-electron chi connectivity index (χ2n) is 6.32. The molecule has 6 nitrogen and oxygen atoms in total. The summed E-state index contributed by atoms with van der Waals surface area (Å²) in [6.07, 6.45) is 3.49. The van der Waals surface area contributed by atoms with Crippen LogP contribution in [0.4, 0.5) is 5.69 Å². The summed E-state index contributed by atoms with van der Waals surface area (Å²) in [5, 5.41) is 10.7. The Bertz CT molecular complexity index is 905. The SMILES string of the molecule is O=C(Oc1c(Br)cc(C(=S)N2CCCCC2)cc1Br)c1ccc([N+](=O)[O-])cc1. The Morgan fingerprint density at radius 2 is 1.61 bits per heavy atom. The first kappa shape index (κ1) is 20.9. The van der Waals surface area contributed by atoms with E-state index < -0.39 is 10.9 Å². The number of benzene rings is 2. The van der Waals surface area contributed by atoms with Crippen molar-refractivity contribution in [1.29, 1.82) is 0 Å². The number of hydrogen-bond acceptors (Lipinski definition) is 5. The molecule has 0 amide bonds. The van der Waals surface area contributed by atoms with Gasteiger partial charge in [-0.25, -0.2) is 4.79 Å². The van der Waals surface area contributed by atoms with Gasteiger partial charge in [0.25, 0.3) is 5.69 Å². The summed E-state index contributed by atoms with van der Waals surface area (Å²) in [5.41, 5.74) is 0.998. The van der Waals surface area contributed by atoms with Gasteiger partial charge in [0, 0.05) is 30.8 Å². The highest BCUT2D eigenvalue weighted by Gasteiger charge is 2.20. The molecule has 1 heterocycles. The van der Waals surface area contributed by atoms with Crippen LogP contribution in [0.1, 0.15) is 35.2 Å². The van der Waals surface area contributed by atoms with Crippen LogP contribution in [0.2, 0.25) is 0 Å². The minimum absolute atomic E-state index is 0.0884. The molecule has 28 heavy (non-hydrogen) atoms. The first-order valence-electron chi connectivity index (χ1n) is 8.62. The number of carbonyl (C=O) groups is 1. The van der Waals surface area contributed by atoms with Gasteiger partial charge in [0.1, 0.15) is 4.99 Å². The zero-order valence-corrected chi connectivity index (χ0v) is 18.7. The molecule has 0 saturated carbocycles. The minimum atomic E-state index is -0.609. The first-order valence-corrected chi connectivity index (χ1v) is 10.6. The van der Waals surface area contributed by atoms with Crippen molar-refractivity contribution in [2.45, 2.75) is 19.3 Å². The lowest BCUT2D eigenvalue weighted by molar-refractivity contribution is -0.384. The number of nitro benzene ring substituents is 1. The third-order valence-corrected chi connectivity index (χ3v) is 6.07. The number of esters is 1. The second kappa shape index (κ2) is 9.11. The first-order chi connectivity index (χ1) is 13.4. The maximum Gasteiger partial charge on any atom is 0.343 e. The molecule has 0 N–H and O–H groups in total. The lowest BCUT2D eigenvalue weighted by atomic mass is 10.1. The van der Waals surface area contributed by atoms with Gasteiger partial charge in [0.2, 0.25) is 0 Å². The van der Waals surface area contributed by atoms with E-state index in [1.54, 1.807) is 0 Å². The molecular formula is C19H16Br2N2O4S. The van der Waals surface area contributed by atoms with Crippen LogP contribution in [0.3, 0.4) is 0 Å². The van der Waals surface area contributed by atoms with Gasteiger partial charge < -0.3 is 9.64 Å². The van der Waals surface area contributed by atoms with Crippen molar-refractivity contribution in [3.8, 4) is 5.75 Å². The number of piperidine rings is 1. The number of non-ortho nitro benzene ring substituents is 1. The number of likely N-dealkylation sites (tertiary alicyclic amines) is 1. The molecule has 1 aliphatic heterocycles. The Kier molecular flexibility index (Phi) is 6.79. The molecule has 1 fully saturated rings. The smallest absolute Gasteiger partial charge is 0.343 e. The van der Waals surface area contributed by atoms with Crippen molar-refractivity contribution in [3.63, 3.8) is 0 Å². The van der Waals surface area contributed by atoms with Gasteiger partial charge >= 0.3 is 5.97 Å². The van der Waals surface area contributed by atoms with Crippen LogP contribution in [0.25, 0.3) is 0 Å². The molecule has 0 aliphatic carbocycles. The Labute approximate surface area is 184 Å². The van der Waals surface area contributed by atoms with Crippen LogP contribution < -0.4 is 4.74 Å². The van der Waals surface area contributed by atoms with Gasteiger partial charge in [-0.1, -0.05) is 12.2 Å². The third-order valence-electron chi connectivity index (χ3n) is 4.40. The average molecular weight is 528 g/mol. The second-order valence-corrected chi connectivity index (χ2v) is 8.41.